The summed E-state index contributed by atoms with van der Waals surface area (Å²) in [5.74, 6) is -0.185. The standard InChI is InChI=1S/C14H25N3O3/c1-4-16-5-6-20-11(9-16)8-15-12-7-13(18)17(10(2)3)14(12)19/h10-12,15H,4-9H2,1-3H3. The average molecular weight is 283 g/mol. The van der Waals surface area contributed by atoms with Gasteiger partial charge in [0.15, 0.2) is 0 Å². The third-order valence-electron chi connectivity index (χ3n) is 3.96. The Morgan fingerprint density at radius 2 is 2.15 bits per heavy atom. The van der Waals surface area contributed by atoms with Crippen molar-refractivity contribution in [3.63, 3.8) is 0 Å². The summed E-state index contributed by atoms with van der Waals surface area (Å²) in [5, 5.41) is 3.20. The molecule has 2 unspecified atom stereocenters. The summed E-state index contributed by atoms with van der Waals surface area (Å²) in [5.41, 5.74) is 0. The van der Waals surface area contributed by atoms with E-state index in [9.17, 15) is 9.59 Å². The number of rotatable bonds is 5. The summed E-state index contributed by atoms with van der Waals surface area (Å²) in [6, 6.07) is -0.450. The molecule has 2 aliphatic heterocycles. The zero-order valence-corrected chi connectivity index (χ0v) is 12.6. The molecule has 0 radical (unpaired) electrons. The lowest BCUT2D eigenvalue weighted by molar-refractivity contribution is -0.140. The first-order valence-electron chi connectivity index (χ1n) is 7.46. The van der Waals surface area contributed by atoms with Crippen LogP contribution in [0.25, 0.3) is 0 Å². The van der Waals surface area contributed by atoms with Crippen molar-refractivity contribution in [1.29, 1.82) is 0 Å². The second-order valence-corrected chi connectivity index (χ2v) is 5.75. The lowest BCUT2D eigenvalue weighted by Crippen LogP contribution is -2.49. The van der Waals surface area contributed by atoms with Crippen LogP contribution >= 0.6 is 0 Å². The molecular formula is C14H25N3O3. The maximum Gasteiger partial charge on any atom is 0.247 e. The summed E-state index contributed by atoms with van der Waals surface area (Å²) in [7, 11) is 0. The molecule has 0 spiro atoms. The van der Waals surface area contributed by atoms with Crippen molar-refractivity contribution in [3.8, 4) is 0 Å². The van der Waals surface area contributed by atoms with Crippen molar-refractivity contribution in [1.82, 2.24) is 15.1 Å². The molecule has 0 aromatic heterocycles. The van der Waals surface area contributed by atoms with Crippen LogP contribution in [-0.2, 0) is 14.3 Å². The molecule has 2 atom stereocenters. The molecule has 1 N–H and O–H groups in total. The molecule has 0 aromatic carbocycles. The molecule has 2 aliphatic rings. The largest absolute Gasteiger partial charge is 0.374 e. The highest BCUT2D eigenvalue weighted by molar-refractivity contribution is 6.05. The molecule has 2 heterocycles. The van der Waals surface area contributed by atoms with Crippen molar-refractivity contribution in [3.05, 3.63) is 0 Å². The van der Waals surface area contributed by atoms with E-state index in [0.29, 0.717) is 6.54 Å². The predicted molar refractivity (Wildman–Crippen MR) is 75.3 cm³/mol. The van der Waals surface area contributed by atoms with Gasteiger partial charge in [0.2, 0.25) is 11.8 Å². The zero-order chi connectivity index (χ0) is 14.7. The monoisotopic (exact) mass is 283 g/mol. The SMILES string of the molecule is CCN1CCOC(CNC2CC(=O)N(C(C)C)C2=O)C1. The predicted octanol–water partition coefficient (Wildman–Crippen LogP) is -0.167. The van der Waals surface area contributed by atoms with Crippen LogP contribution < -0.4 is 5.32 Å². The molecule has 20 heavy (non-hydrogen) atoms. The molecule has 114 valence electrons. The third kappa shape index (κ3) is 3.37. The smallest absolute Gasteiger partial charge is 0.247 e. The molecular weight excluding hydrogens is 258 g/mol. The fourth-order valence-corrected chi connectivity index (χ4v) is 2.82. The van der Waals surface area contributed by atoms with E-state index in [0.717, 1.165) is 26.2 Å². The molecule has 0 aliphatic carbocycles. The second-order valence-electron chi connectivity index (χ2n) is 5.75. The molecule has 0 bridgehead atoms. The number of imide groups is 1. The van der Waals surface area contributed by atoms with Gasteiger partial charge in [0.25, 0.3) is 0 Å². The minimum Gasteiger partial charge on any atom is -0.374 e. The fourth-order valence-electron chi connectivity index (χ4n) is 2.82. The van der Waals surface area contributed by atoms with E-state index >= 15 is 0 Å². The molecule has 6 nitrogen and oxygen atoms in total. The van der Waals surface area contributed by atoms with Gasteiger partial charge in [-0.2, -0.15) is 0 Å². The van der Waals surface area contributed by atoms with Crippen molar-refractivity contribution in [2.75, 3.05) is 32.8 Å². The first kappa shape index (κ1) is 15.4. The van der Waals surface area contributed by atoms with Crippen LogP contribution in [0, 0.1) is 0 Å². The Bertz CT molecular complexity index is 373. The highest BCUT2D eigenvalue weighted by Crippen LogP contribution is 2.16. The van der Waals surface area contributed by atoms with Gasteiger partial charge >= 0.3 is 0 Å². The first-order chi connectivity index (χ1) is 9.52. The van der Waals surface area contributed by atoms with Gasteiger partial charge in [-0.15, -0.1) is 0 Å². The molecule has 2 rings (SSSR count). The molecule has 0 saturated carbocycles. The normalized spacial score (nSPS) is 28.7. The molecule has 0 aromatic rings. The van der Waals surface area contributed by atoms with E-state index in [1.54, 1.807) is 0 Å². The number of ether oxygens (including phenoxy) is 1. The minimum absolute atomic E-state index is 0.0664. The highest BCUT2D eigenvalue weighted by Gasteiger charge is 2.39. The van der Waals surface area contributed by atoms with Gasteiger partial charge in [0.1, 0.15) is 0 Å². The van der Waals surface area contributed by atoms with E-state index in [-0.39, 0.29) is 36.4 Å². The molecule has 6 heteroatoms. The number of likely N-dealkylation sites (N-methyl/N-ethyl adjacent to an activating group) is 1. The lowest BCUT2D eigenvalue weighted by Gasteiger charge is -2.32. The van der Waals surface area contributed by atoms with Crippen molar-refractivity contribution >= 4 is 11.8 Å². The third-order valence-corrected chi connectivity index (χ3v) is 3.96. The maximum absolute atomic E-state index is 12.1. The van der Waals surface area contributed by atoms with E-state index in [1.165, 1.54) is 4.90 Å². The maximum atomic E-state index is 12.1. The Morgan fingerprint density at radius 3 is 2.75 bits per heavy atom. The number of carbonyl (C=O) groups is 2. The van der Waals surface area contributed by atoms with Crippen LogP contribution in [0.15, 0.2) is 0 Å². The number of likely N-dealkylation sites (tertiary alicyclic amines) is 1. The quantitative estimate of drug-likeness (QED) is 0.710. The fraction of sp³-hybridized carbons (Fsp3) is 0.857. The van der Waals surface area contributed by atoms with Gasteiger partial charge in [-0.3, -0.25) is 19.4 Å². The Balaban J connectivity index is 1.83. The topological polar surface area (TPSA) is 61.9 Å². The number of hydrogen-bond donors (Lipinski definition) is 1. The Kier molecular flexibility index (Phi) is 5.12. The summed E-state index contributed by atoms with van der Waals surface area (Å²) in [6.07, 6.45) is 0.362. The lowest BCUT2D eigenvalue weighted by atomic mass is 10.2. The number of nitrogens with one attached hydrogen (secondary N) is 1. The summed E-state index contributed by atoms with van der Waals surface area (Å²) < 4.78 is 5.69. The number of nitrogens with zero attached hydrogens (tertiary/aromatic N) is 2. The van der Waals surface area contributed by atoms with Gasteiger partial charge < -0.3 is 10.1 Å². The van der Waals surface area contributed by atoms with Gasteiger partial charge in [-0.25, -0.2) is 0 Å². The van der Waals surface area contributed by atoms with Gasteiger partial charge in [-0.05, 0) is 20.4 Å². The number of hydrogen-bond acceptors (Lipinski definition) is 5. The van der Waals surface area contributed by atoms with Crippen LogP contribution in [0.2, 0.25) is 0 Å². The van der Waals surface area contributed by atoms with Crippen LogP contribution in [0.1, 0.15) is 27.2 Å². The number of morpholine rings is 1. The Labute approximate surface area is 120 Å². The number of amides is 2. The van der Waals surface area contributed by atoms with E-state index < -0.39 is 0 Å². The summed E-state index contributed by atoms with van der Waals surface area (Å²) in [6.45, 7) is 10.1. The Hall–Kier alpha value is -0.980. The van der Waals surface area contributed by atoms with Gasteiger partial charge in [0, 0.05) is 25.7 Å². The van der Waals surface area contributed by atoms with Gasteiger partial charge in [-0.1, -0.05) is 6.92 Å². The number of carbonyl (C=O) groups excluding carboxylic acids is 2. The summed E-state index contributed by atoms with van der Waals surface area (Å²) in [4.78, 5) is 27.6. The van der Waals surface area contributed by atoms with Crippen LogP contribution in [0.3, 0.4) is 0 Å². The van der Waals surface area contributed by atoms with Crippen molar-refractivity contribution in [2.45, 2.75) is 45.4 Å². The van der Waals surface area contributed by atoms with Crippen molar-refractivity contribution < 1.29 is 14.3 Å². The van der Waals surface area contributed by atoms with Crippen molar-refractivity contribution in [2.24, 2.45) is 0 Å². The van der Waals surface area contributed by atoms with Crippen LogP contribution in [0.5, 0.6) is 0 Å². The molecule has 2 fully saturated rings. The first-order valence-corrected chi connectivity index (χ1v) is 7.46. The molecule has 2 amide bonds. The average Bonchev–Trinajstić information content (AvgIpc) is 2.71. The van der Waals surface area contributed by atoms with Crippen LogP contribution in [0.4, 0.5) is 0 Å². The summed E-state index contributed by atoms with van der Waals surface area (Å²) >= 11 is 0. The van der Waals surface area contributed by atoms with E-state index in [1.807, 2.05) is 13.8 Å². The van der Waals surface area contributed by atoms with E-state index in [2.05, 4.69) is 17.1 Å². The molecule has 2 saturated heterocycles. The van der Waals surface area contributed by atoms with Gasteiger partial charge in [0.05, 0.1) is 25.2 Å². The highest BCUT2D eigenvalue weighted by atomic mass is 16.5. The van der Waals surface area contributed by atoms with Crippen LogP contribution in [-0.4, -0.2) is 72.6 Å². The second kappa shape index (κ2) is 6.65. The minimum atomic E-state index is -0.384. The zero-order valence-electron chi connectivity index (χ0n) is 12.6. The van der Waals surface area contributed by atoms with E-state index in [4.69, 9.17) is 4.74 Å². The Morgan fingerprint density at radius 1 is 1.40 bits per heavy atom.